The molecular weight excluding hydrogens is 362 g/mol. The van der Waals surface area contributed by atoms with Gasteiger partial charge in [-0.25, -0.2) is 0 Å². The summed E-state index contributed by atoms with van der Waals surface area (Å²) in [7, 11) is 0.0309. The maximum atomic E-state index is 13.1. The summed E-state index contributed by atoms with van der Waals surface area (Å²) in [6.07, 6.45) is 1.88. The summed E-state index contributed by atoms with van der Waals surface area (Å²) in [4.78, 5) is 13.1. The van der Waals surface area contributed by atoms with Crippen LogP contribution >= 0.6 is 8.58 Å². The molecule has 0 radical (unpaired) electrons. The molecule has 0 saturated carbocycles. The van der Waals surface area contributed by atoms with E-state index in [2.05, 4.69) is 33.8 Å². The van der Waals surface area contributed by atoms with Gasteiger partial charge < -0.3 is 9.47 Å². The third kappa shape index (κ3) is 6.12. The molecule has 0 amide bonds. The van der Waals surface area contributed by atoms with Crippen molar-refractivity contribution >= 4 is 38.3 Å². The van der Waals surface area contributed by atoms with Crippen LogP contribution < -0.4 is 14.8 Å². The van der Waals surface area contributed by atoms with Crippen LogP contribution in [0.15, 0.2) is 24.3 Å². The van der Waals surface area contributed by atoms with E-state index in [1.807, 2.05) is 32.0 Å². The van der Waals surface area contributed by atoms with Crippen LogP contribution in [0.5, 0.6) is 11.5 Å². The van der Waals surface area contributed by atoms with Crippen molar-refractivity contribution in [1.29, 1.82) is 0 Å². The molecule has 148 valence electrons. The molecule has 1 unspecified atom stereocenters. The van der Waals surface area contributed by atoms with Crippen LogP contribution in [0, 0.1) is 27.7 Å². The van der Waals surface area contributed by atoms with Gasteiger partial charge >= 0.3 is 18.9 Å². The molecule has 0 aliphatic heterocycles. The first-order chi connectivity index (χ1) is 12.9. The van der Waals surface area contributed by atoms with E-state index < -0.39 is 0 Å². The van der Waals surface area contributed by atoms with E-state index >= 15 is 0 Å². The standard InChI is InChI=1S/C23H31O3P.Li.H/c1-7-11-25-19-9-10-21(20(14-19)26-12-8-2)27-23(24)22-16(4)13-15(3)17(5)18(22)6;;/h9-10,13-14,27H,7-8,11-12H2,1-6H3;;. The molecular formula is C23H32LiO3P. The van der Waals surface area contributed by atoms with Crippen molar-refractivity contribution in [2.24, 2.45) is 0 Å². The first kappa shape index (κ1) is 24.8. The second-order valence-corrected chi connectivity index (χ2v) is 8.19. The third-order valence-corrected chi connectivity index (χ3v) is 5.88. The molecule has 0 aliphatic rings. The van der Waals surface area contributed by atoms with Gasteiger partial charge in [0.1, 0.15) is 11.5 Å². The number of hydrogen-bond donors (Lipinski definition) is 0. The molecule has 1 atom stereocenters. The molecule has 0 aliphatic carbocycles. The number of carbonyl (C=O) groups is 1. The van der Waals surface area contributed by atoms with Gasteiger partial charge in [0.15, 0.2) is 5.52 Å². The van der Waals surface area contributed by atoms with E-state index in [9.17, 15) is 4.79 Å². The molecule has 0 heterocycles. The van der Waals surface area contributed by atoms with Gasteiger partial charge in [-0.1, -0.05) is 19.9 Å². The van der Waals surface area contributed by atoms with E-state index in [4.69, 9.17) is 9.47 Å². The zero-order valence-electron chi connectivity index (χ0n) is 17.4. The Morgan fingerprint density at radius 1 is 0.893 bits per heavy atom. The monoisotopic (exact) mass is 394 g/mol. The molecule has 0 spiro atoms. The molecule has 5 heteroatoms. The van der Waals surface area contributed by atoms with E-state index in [1.54, 1.807) is 0 Å². The number of aryl methyl sites for hydroxylation is 2. The van der Waals surface area contributed by atoms with Gasteiger partial charge in [0.25, 0.3) is 0 Å². The first-order valence-corrected chi connectivity index (χ1v) is 10.7. The Labute approximate surface area is 183 Å². The summed E-state index contributed by atoms with van der Waals surface area (Å²) in [5.41, 5.74) is 5.57. The molecule has 0 fully saturated rings. The van der Waals surface area contributed by atoms with Crippen LogP contribution in [0.2, 0.25) is 0 Å². The summed E-state index contributed by atoms with van der Waals surface area (Å²) in [6, 6.07) is 7.93. The molecule has 0 aromatic heterocycles. The zero-order chi connectivity index (χ0) is 20.0. The van der Waals surface area contributed by atoms with Gasteiger partial charge in [-0.05, 0) is 83.5 Å². The predicted molar refractivity (Wildman–Crippen MR) is 123 cm³/mol. The molecule has 0 bridgehead atoms. The fourth-order valence-electron chi connectivity index (χ4n) is 3.07. The molecule has 2 aromatic rings. The fourth-order valence-corrected chi connectivity index (χ4v) is 4.25. The number of ether oxygens (including phenoxy) is 2. The van der Waals surface area contributed by atoms with E-state index in [1.165, 1.54) is 11.1 Å². The Morgan fingerprint density at radius 3 is 2.18 bits per heavy atom. The third-order valence-electron chi connectivity index (χ3n) is 4.72. The van der Waals surface area contributed by atoms with Crippen molar-refractivity contribution in [2.75, 3.05) is 13.2 Å². The second kappa shape index (κ2) is 11.7. The molecule has 2 rings (SSSR count). The van der Waals surface area contributed by atoms with Crippen molar-refractivity contribution in [3.63, 3.8) is 0 Å². The zero-order valence-corrected chi connectivity index (χ0v) is 18.4. The quantitative estimate of drug-likeness (QED) is 0.444. The van der Waals surface area contributed by atoms with Crippen molar-refractivity contribution < 1.29 is 14.3 Å². The van der Waals surface area contributed by atoms with Gasteiger partial charge in [0.2, 0.25) is 0 Å². The SMILES string of the molecule is CCCOc1ccc(PC(=O)c2c(C)cc(C)c(C)c2C)c(OCCC)c1.[LiH]. The number of carbonyl (C=O) groups excluding carboxylic acids is 1. The molecule has 0 saturated heterocycles. The van der Waals surface area contributed by atoms with Crippen LogP contribution in [-0.4, -0.2) is 37.6 Å². The predicted octanol–water partition coefficient (Wildman–Crippen LogP) is 4.99. The fraction of sp³-hybridized carbons (Fsp3) is 0.435. The number of hydrogen-bond acceptors (Lipinski definition) is 3. The first-order valence-electron chi connectivity index (χ1n) is 9.67. The minimum absolute atomic E-state index is 0. The maximum absolute atomic E-state index is 13.1. The second-order valence-electron chi connectivity index (χ2n) is 6.94. The average molecular weight is 394 g/mol. The van der Waals surface area contributed by atoms with Crippen LogP contribution in [0.4, 0.5) is 0 Å². The molecule has 28 heavy (non-hydrogen) atoms. The topological polar surface area (TPSA) is 35.5 Å². The van der Waals surface area contributed by atoms with Gasteiger partial charge in [-0.3, -0.25) is 4.79 Å². The molecule has 2 aromatic carbocycles. The van der Waals surface area contributed by atoms with Gasteiger partial charge in [-0.15, -0.1) is 0 Å². The molecule has 0 N–H and O–H groups in total. The number of benzene rings is 2. The molecule has 3 nitrogen and oxygen atoms in total. The van der Waals surface area contributed by atoms with Gasteiger partial charge in [0.05, 0.1) is 13.2 Å². The number of rotatable bonds is 9. The summed E-state index contributed by atoms with van der Waals surface area (Å²) >= 11 is 0. The summed E-state index contributed by atoms with van der Waals surface area (Å²) < 4.78 is 11.6. The van der Waals surface area contributed by atoms with Crippen molar-refractivity contribution in [1.82, 2.24) is 0 Å². The van der Waals surface area contributed by atoms with Crippen LogP contribution in [0.25, 0.3) is 0 Å². The Balaban J connectivity index is 0.00000392. The average Bonchev–Trinajstić information content (AvgIpc) is 2.64. The van der Waals surface area contributed by atoms with Crippen LogP contribution in [0.3, 0.4) is 0 Å². The van der Waals surface area contributed by atoms with Crippen molar-refractivity contribution in [3.05, 3.63) is 52.1 Å². The van der Waals surface area contributed by atoms with Crippen molar-refractivity contribution in [2.45, 2.75) is 54.4 Å². The van der Waals surface area contributed by atoms with E-state index in [-0.39, 0.29) is 33.0 Å². The van der Waals surface area contributed by atoms with E-state index in [0.29, 0.717) is 13.2 Å². The van der Waals surface area contributed by atoms with Crippen LogP contribution in [-0.2, 0) is 0 Å². The van der Waals surface area contributed by atoms with Crippen molar-refractivity contribution in [3.8, 4) is 11.5 Å². The Kier molecular flexibility index (Phi) is 10.3. The Hall–Kier alpha value is -1.26. The van der Waals surface area contributed by atoms with Gasteiger partial charge in [0, 0.05) is 16.9 Å². The Bertz CT molecular complexity index is 818. The summed E-state index contributed by atoms with van der Waals surface area (Å²) in [6.45, 7) is 13.7. The normalized spacial score (nSPS) is 10.8. The van der Waals surface area contributed by atoms with Gasteiger partial charge in [-0.2, -0.15) is 0 Å². The summed E-state index contributed by atoms with van der Waals surface area (Å²) in [5, 5.41) is 0.939. The minimum atomic E-state index is 0. The van der Waals surface area contributed by atoms with Crippen LogP contribution in [0.1, 0.15) is 59.3 Å². The summed E-state index contributed by atoms with van der Waals surface area (Å²) in [5.74, 6) is 1.55. The Morgan fingerprint density at radius 2 is 1.54 bits per heavy atom. The van der Waals surface area contributed by atoms with E-state index in [0.717, 1.165) is 46.3 Å².